The number of hydrogen-bond acceptors (Lipinski definition) is 6. The van der Waals surface area contributed by atoms with Crippen molar-refractivity contribution in [2.75, 3.05) is 24.8 Å². The minimum absolute atomic E-state index is 0.0435. The topological polar surface area (TPSA) is 76.6 Å². The Labute approximate surface area is 146 Å². The average molecular weight is 340 g/mol. The number of ether oxygens (including phenoxy) is 2. The first kappa shape index (κ1) is 15.7. The molecule has 1 aromatic heterocycles. The summed E-state index contributed by atoms with van der Waals surface area (Å²) >= 11 is 0. The fourth-order valence-electron chi connectivity index (χ4n) is 3.21. The van der Waals surface area contributed by atoms with Crippen molar-refractivity contribution in [2.45, 2.75) is 19.4 Å². The third-order valence-electron chi connectivity index (χ3n) is 4.64. The second-order valence-corrected chi connectivity index (χ2v) is 6.23. The van der Waals surface area contributed by atoms with E-state index in [0.717, 1.165) is 48.8 Å². The number of aromatic nitrogens is 2. The highest BCUT2D eigenvalue weighted by Crippen LogP contribution is 2.32. The minimum Gasteiger partial charge on any atom is -0.454 e. The number of piperidine rings is 1. The third kappa shape index (κ3) is 3.50. The molecule has 0 spiro atoms. The highest BCUT2D eigenvalue weighted by Gasteiger charge is 2.25. The first-order valence-electron chi connectivity index (χ1n) is 8.47. The van der Waals surface area contributed by atoms with Crippen LogP contribution in [0, 0.1) is 5.92 Å². The van der Waals surface area contributed by atoms with Gasteiger partial charge in [0.15, 0.2) is 11.5 Å². The fraction of sp³-hybridized carbons (Fsp3) is 0.389. The quantitative estimate of drug-likeness (QED) is 0.914. The van der Waals surface area contributed by atoms with Crippen LogP contribution < -0.4 is 19.7 Å². The first-order chi connectivity index (χ1) is 12.3. The summed E-state index contributed by atoms with van der Waals surface area (Å²) in [5.41, 5.74) is 1.01. The Morgan fingerprint density at radius 1 is 1.20 bits per heavy atom. The molecule has 7 nitrogen and oxygen atoms in total. The van der Waals surface area contributed by atoms with E-state index in [9.17, 15) is 4.79 Å². The van der Waals surface area contributed by atoms with Crippen LogP contribution in [0.3, 0.4) is 0 Å². The largest absolute Gasteiger partial charge is 0.454 e. The predicted molar refractivity (Wildman–Crippen MR) is 91.4 cm³/mol. The number of hydrogen-bond donors (Lipinski definition) is 1. The molecule has 0 bridgehead atoms. The summed E-state index contributed by atoms with van der Waals surface area (Å²) in [6.45, 7) is 2.40. The van der Waals surface area contributed by atoms with Crippen LogP contribution in [0.25, 0.3) is 0 Å². The van der Waals surface area contributed by atoms with Gasteiger partial charge in [-0.15, -0.1) is 0 Å². The van der Waals surface area contributed by atoms with Crippen molar-refractivity contribution in [1.82, 2.24) is 15.3 Å². The summed E-state index contributed by atoms with van der Waals surface area (Å²) in [7, 11) is 0. The third-order valence-corrected chi connectivity index (χ3v) is 4.64. The van der Waals surface area contributed by atoms with Gasteiger partial charge in [-0.05, 0) is 30.5 Å². The van der Waals surface area contributed by atoms with Gasteiger partial charge in [0.1, 0.15) is 5.82 Å². The second kappa shape index (κ2) is 6.96. The van der Waals surface area contributed by atoms with E-state index in [1.54, 1.807) is 18.6 Å². The van der Waals surface area contributed by atoms with Crippen molar-refractivity contribution in [3.05, 3.63) is 42.4 Å². The number of amides is 1. The molecule has 130 valence electrons. The Bertz CT molecular complexity index is 745. The number of carbonyl (C=O) groups excluding carboxylic acids is 1. The van der Waals surface area contributed by atoms with Gasteiger partial charge in [0.05, 0.1) is 6.20 Å². The van der Waals surface area contributed by atoms with Gasteiger partial charge in [-0.2, -0.15) is 0 Å². The van der Waals surface area contributed by atoms with Crippen LogP contribution in [0.1, 0.15) is 18.4 Å². The summed E-state index contributed by atoms with van der Waals surface area (Å²) < 4.78 is 10.7. The lowest BCUT2D eigenvalue weighted by Crippen LogP contribution is -2.40. The van der Waals surface area contributed by atoms with E-state index in [2.05, 4.69) is 20.2 Å². The molecule has 1 fully saturated rings. The molecule has 4 rings (SSSR count). The summed E-state index contributed by atoms with van der Waals surface area (Å²) in [6.07, 6.45) is 6.77. The molecule has 0 aliphatic carbocycles. The standard InChI is InChI=1S/C18H20N4O3/c23-18(21-10-13-1-2-15-16(9-13)25-12-24-15)14-3-7-22(8-4-14)17-11-19-5-6-20-17/h1-2,5-6,9,11,14H,3-4,7-8,10,12H2,(H,21,23). The van der Waals surface area contributed by atoms with E-state index in [1.807, 2.05) is 18.2 Å². The predicted octanol–water partition coefficient (Wildman–Crippen LogP) is 1.74. The Morgan fingerprint density at radius 2 is 2.04 bits per heavy atom. The van der Waals surface area contributed by atoms with Crippen LogP contribution in [0.5, 0.6) is 11.5 Å². The Hall–Kier alpha value is -2.83. The van der Waals surface area contributed by atoms with Crippen LogP contribution in [0.2, 0.25) is 0 Å². The van der Waals surface area contributed by atoms with Crippen molar-refractivity contribution < 1.29 is 14.3 Å². The molecule has 1 aromatic carbocycles. The van der Waals surface area contributed by atoms with Gasteiger partial charge in [0, 0.05) is 37.9 Å². The van der Waals surface area contributed by atoms with Crippen LogP contribution in [0.4, 0.5) is 5.82 Å². The van der Waals surface area contributed by atoms with Crippen LogP contribution in [-0.2, 0) is 11.3 Å². The smallest absolute Gasteiger partial charge is 0.231 e. The number of benzene rings is 1. The summed E-state index contributed by atoms with van der Waals surface area (Å²) in [6, 6.07) is 5.74. The molecule has 2 aromatic rings. The van der Waals surface area contributed by atoms with E-state index in [4.69, 9.17) is 9.47 Å². The van der Waals surface area contributed by atoms with Gasteiger partial charge in [0.25, 0.3) is 0 Å². The first-order valence-corrected chi connectivity index (χ1v) is 8.47. The molecule has 0 radical (unpaired) electrons. The Morgan fingerprint density at radius 3 is 2.84 bits per heavy atom. The Kier molecular flexibility index (Phi) is 4.37. The zero-order valence-corrected chi connectivity index (χ0v) is 13.9. The summed E-state index contributed by atoms with van der Waals surface area (Å²) in [4.78, 5) is 23.0. The molecule has 1 amide bonds. The maximum atomic E-state index is 12.4. The molecule has 1 saturated heterocycles. The van der Waals surface area contributed by atoms with E-state index < -0.39 is 0 Å². The van der Waals surface area contributed by atoms with Crippen LogP contribution in [0.15, 0.2) is 36.8 Å². The monoisotopic (exact) mass is 340 g/mol. The summed E-state index contributed by atoms with van der Waals surface area (Å²) in [5.74, 6) is 2.52. The maximum Gasteiger partial charge on any atom is 0.231 e. The van der Waals surface area contributed by atoms with Crippen LogP contribution >= 0.6 is 0 Å². The average Bonchev–Trinajstić information content (AvgIpc) is 3.15. The number of anilines is 1. The van der Waals surface area contributed by atoms with E-state index in [-0.39, 0.29) is 18.6 Å². The SMILES string of the molecule is O=C(NCc1ccc2c(c1)OCO2)C1CCN(c2cnccn2)CC1. The molecular formula is C18H20N4O3. The lowest BCUT2D eigenvalue weighted by molar-refractivity contribution is -0.125. The zero-order chi connectivity index (χ0) is 17.1. The van der Waals surface area contributed by atoms with Crippen molar-refractivity contribution >= 4 is 11.7 Å². The van der Waals surface area contributed by atoms with Crippen molar-refractivity contribution in [3.8, 4) is 11.5 Å². The molecule has 2 aliphatic rings. The van der Waals surface area contributed by atoms with Gasteiger partial charge in [-0.25, -0.2) is 4.98 Å². The highest BCUT2D eigenvalue weighted by atomic mass is 16.7. The van der Waals surface area contributed by atoms with Crippen molar-refractivity contribution in [2.24, 2.45) is 5.92 Å². The maximum absolute atomic E-state index is 12.4. The van der Waals surface area contributed by atoms with Crippen molar-refractivity contribution in [3.63, 3.8) is 0 Å². The highest BCUT2D eigenvalue weighted by molar-refractivity contribution is 5.79. The Balaban J connectivity index is 1.28. The van der Waals surface area contributed by atoms with E-state index in [1.165, 1.54) is 0 Å². The molecule has 1 N–H and O–H groups in total. The lowest BCUT2D eigenvalue weighted by Gasteiger charge is -2.31. The molecule has 2 aliphatic heterocycles. The second-order valence-electron chi connectivity index (χ2n) is 6.23. The molecule has 0 unspecified atom stereocenters. The van der Waals surface area contributed by atoms with Gasteiger partial charge < -0.3 is 19.7 Å². The zero-order valence-electron chi connectivity index (χ0n) is 13.9. The fourth-order valence-corrected chi connectivity index (χ4v) is 3.21. The molecule has 0 saturated carbocycles. The molecule has 25 heavy (non-hydrogen) atoms. The van der Waals surface area contributed by atoms with Crippen LogP contribution in [-0.4, -0.2) is 35.8 Å². The number of nitrogens with one attached hydrogen (secondary N) is 1. The molecular weight excluding hydrogens is 320 g/mol. The molecule has 3 heterocycles. The number of carbonyl (C=O) groups is 1. The lowest BCUT2D eigenvalue weighted by atomic mass is 9.96. The van der Waals surface area contributed by atoms with E-state index >= 15 is 0 Å². The normalized spacial score (nSPS) is 16.7. The number of fused-ring (bicyclic) bond motifs is 1. The van der Waals surface area contributed by atoms with Crippen molar-refractivity contribution in [1.29, 1.82) is 0 Å². The van der Waals surface area contributed by atoms with Gasteiger partial charge in [-0.1, -0.05) is 6.07 Å². The minimum atomic E-state index is 0.0435. The summed E-state index contributed by atoms with van der Waals surface area (Å²) in [5, 5.41) is 3.03. The van der Waals surface area contributed by atoms with Gasteiger partial charge >= 0.3 is 0 Å². The number of nitrogens with zero attached hydrogens (tertiary/aromatic N) is 3. The van der Waals surface area contributed by atoms with E-state index in [0.29, 0.717) is 6.54 Å². The van der Waals surface area contributed by atoms with Gasteiger partial charge in [0.2, 0.25) is 12.7 Å². The number of rotatable bonds is 4. The van der Waals surface area contributed by atoms with Gasteiger partial charge in [-0.3, -0.25) is 9.78 Å². The molecule has 7 heteroatoms. The molecule has 0 atom stereocenters.